The molecule has 1 atom stereocenters. The number of nitrogens with zero attached hydrogens (tertiary/aromatic N) is 5. The Kier molecular flexibility index (Phi) is 6.37. The molecule has 0 bridgehead atoms. The predicted octanol–water partition coefficient (Wildman–Crippen LogP) is 0.638. The Labute approximate surface area is 196 Å². The average Bonchev–Trinajstić information content (AvgIpc) is 3.30. The number of carbonyl (C=O) groups excluding carboxylic acids is 1. The van der Waals surface area contributed by atoms with Crippen molar-refractivity contribution in [2.24, 2.45) is 5.92 Å². The van der Waals surface area contributed by atoms with Crippen LogP contribution in [-0.4, -0.2) is 70.2 Å². The van der Waals surface area contributed by atoms with Crippen molar-refractivity contribution >= 4 is 22.9 Å². The maximum atomic E-state index is 12.4. The van der Waals surface area contributed by atoms with E-state index in [0.29, 0.717) is 47.6 Å². The number of rotatable bonds is 8. The molecule has 3 aromatic heterocycles. The van der Waals surface area contributed by atoms with Crippen LogP contribution in [0.3, 0.4) is 0 Å². The molecular weight excluding hydrogens is 438 g/mol. The summed E-state index contributed by atoms with van der Waals surface area (Å²) in [5.41, 5.74) is 1.91. The molecule has 0 saturated carbocycles. The summed E-state index contributed by atoms with van der Waals surface area (Å²) in [5.74, 6) is 1.88. The van der Waals surface area contributed by atoms with Crippen molar-refractivity contribution in [3.8, 4) is 11.6 Å². The monoisotopic (exact) mass is 465 g/mol. The predicted molar refractivity (Wildman–Crippen MR) is 125 cm³/mol. The van der Waals surface area contributed by atoms with Gasteiger partial charge in [0.25, 0.3) is 11.5 Å². The highest BCUT2D eigenvalue weighted by Gasteiger charge is 2.23. The maximum absolute atomic E-state index is 12.4. The second-order valence-corrected chi connectivity index (χ2v) is 8.52. The fraction of sp³-hybridized carbons (Fsp3) is 0.435. The van der Waals surface area contributed by atoms with Gasteiger partial charge >= 0.3 is 0 Å². The number of anilines is 1. The van der Waals surface area contributed by atoms with E-state index in [1.165, 1.54) is 6.20 Å². The molecule has 11 nitrogen and oxygen atoms in total. The van der Waals surface area contributed by atoms with Gasteiger partial charge in [-0.2, -0.15) is 4.98 Å². The number of amides is 1. The smallest absolute Gasteiger partial charge is 0.270 e. The lowest BCUT2D eigenvalue weighted by molar-refractivity contribution is -0.118. The second kappa shape index (κ2) is 9.74. The van der Waals surface area contributed by atoms with Crippen LogP contribution in [0.2, 0.25) is 0 Å². The van der Waals surface area contributed by atoms with Crippen molar-refractivity contribution in [1.29, 1.82) is 0 Å². The van der Waals surface area contributed by atoms with Gasteiger partial charge < -0.3 is 25.0 Å². The van der Waals surface area contributed by atoms with Gasteiger partial charge in [-0.15, -0.1) is 0 Å². The number of likely N-dealkylation sites (tertiary alicyclic amines) is 1. The lowest BCUT2D eigenvalue weighted by atomic mass is 10.1. The van der Waals surface area contributed by atoms with Gasteiger partial charge in [-0.05, 0) is 43.6 Å². The molecule has 34 heavy (non-hydrogen) atoms. The molecule has 1 saturated heterocycles. The van der Waals surface area contributed by atoms with E-state index in [1.807, 2.05) is 18.2 Å². The third-order valence-electron chi connectivity index (χ3n) is 6.16. The number of fused-ring (bicyclic) bond motifs is 2. The van der Waals surface area contributed by atoms with Gasteiger partial charge in [0.2, 0.25) is 5.88 Å². The van der Waals surface area contributed by atoms with Gasteiger partial charge in [-0.25, -0.2) is 9.97 Å². The topological polar surface area (TPSA) is 124 Å². The van der Waals surface area contributed by atoms with Crippen molar-refractivity contribution in [3.05, 3.63) is 46.5 Å². The van der Waals surface area contributed by atoms with Crippen LogP contribution in [0.15, 0.2) is 35.3 Å². The minimum atomic E-state index is -0.187. The molecule has 2 aliphatic heterocycles. The Morgan fingerprint density at radius 3 is 3.00 bits per heavy atom. The fourth-order valence-electron chi connectivity index (χ4n) is 4.38. The van der Waals surface area contributed by atoms with E-state index in [4.69, 9.17) is 9.47 Å². The van der Waals surface area contributed by atoms with E-state index in [0.717, 1.165) is 38.3 Å². The number of hydrogen-bond acceptors (Lipinski definition) is 9. The van der Waals surface area contributed by atoms with Gasteiger partial charge in [0, 0.05) is 32.2 Å². The molecule has 11 heteroatoms. The minimum absolute atomic E-state index is 0.0290. The largest absolute Gasteiger partial charge is 0.481 e. The van der Waals surface area contributed by atoms with Gasteiger partial charge in [0.1, 0.15) is 5.52 Å². The molecule has 2 aliphatic rings. The van der Waals surface area contributed by atoms with E-state index >= 15 is 0 Å². The van der Waals surface area contributed by atoms with E-state index in [2.05, 4.69) is 30.5 Å². The number of ether oxygens (including phenoxy) is 2. The van der Waals surface area contributed by atoms with Gasteiger partial charge in [-0.1, -0.05) is 0 Å². The molecule has 0 spiro atoms. The number of pyridine rings is 2. The van der Waals surface area contributed by atoms with E-state index < -0.39 is 0 Å². The summed E-state index contributed by atoms with van der Waals surface area (Å²) in [6, 6.07) is 7.30. The van der Waals surface area contributed by atoms with Crippen LogP contribution in [0.5, 0.6) is 11.6 Å². The molecule has 5 rings (SSSR count). The Bertz CT molecular complexity index is 1260. The van der Waals surface area contributed by atoms with Crippen LogP contribution in [0.4, 0.5) is 5.82 Å². The molecule has 3 aromatic rings. The molecule has 178 valence electrons. The molecule has 5 heterocycles. The first-order valence-electron chi connectivity index (χ1n) is 11.4. The third-order valence-corrected chi connectivity index (χ3v) is 6.16. The first-order chi connectivity index (χ1) is 16.6. The molecule has 1 fully saturated rings. The van der Waals surface area contributed by atoms with Crippen molar-refractivity contribution in [3.63, 3.8) is 0 Å². The van der Waals surface area contributed by atoms with Crippen molar-refractivity contribution in [2.45, 2.75) is 19.5 Å². The van der Waals surface area contributed by atoms with Gasteiger partial charge in [-0.3, -0.25) is 14.2 Å². The summed E-state index contributed by atoms with van der Waals surface area (Å²) in [6.07, 6.45) is 2.44. The lowest BCUT2D eigenvalue weighted by Crippen LogP contribution is -2.31. The summed E-state index contributed by atoms with van der Waals surface area (Å²) >= 11 is 0. The van der Waals surface area contributed by atoms with Crippen LogP contribution in [0.1, 0.15) is 12.1 Å². The highest BCUT2D eigenvalue weighted by molar-refractivity contribution is 5.94. The van der Waals surface area contributed by atoms with Crippen molar-refractivity contribution in [2.75, 3.05) is 45.2 Å². The van der Waals surface area contributed by atoms with Gasteiger partial charge in [0.05, 0.1) is 19.0 Å². The van der Waals surface area contributed by atoms with E-state index in [9.17, 15) is 9.59 Å². The summed E-state index contributed by atoms with van der Waals surface area (Å²) < 4.78 is 12.2. The number of hydrogen-bond donors (Lipinski definition) is 2. The Morgan fingerprint density at radius 2 is 2.12 bits per heavy atom. The number of carbonyl (C=O) groups is 1. The zero-order valence-corrected chi connectivity index (χ0v) is 19.0. The number of methoxy groups -OCH3 is 1. The summed E-state index contributed by atoms with van der Waals surface area (Å²) in [5, 5.41) is 6.21. The SMILES string of the molecule is COc1ccc2ncc(=O)n(CCN3CC[C@@H](CNCc4ccc5c(n4)NC(=O)CO5)C3)c2n1. The third kappa shape index (κ3) is 4.85. The molecule has 0 radical (unpaired) electrons. The molecule has 2 N–H and O–H groups in total. The summed E-state index contributed by atoms with van der Waals surface area (Å²) in [6.45, 7) is 4.78. The number of nitrogens with one attached hydrogen (secondary N) is 2. The number of aromatic nitrogens is 4. The summed E-state index contributed by atoms with van der Waals surface area (Å²) in [7, 11) is 1.55. The molecule has 0 aromatic carbocycles. The quantitative estimate of drug-likeness (QED) is 0.493. The fourth-order valence-corrected chi connectivity index (χ4v) is 4.38. The Morgan fingerprint density at radius 1 is 1.21 bits per heavy atom. The Balaban J connectivity index is 1.13. The highest BCUT2D eigenvalue weighted by Crippen LogP contribution is 2.25. The minimum Gasteiger partial charge on any atom is -0.481 e. The first-order valence-corrected chi connectivity index (χ1v) is 11.4. The standard InChI is InChI=1S/C23H27N7O4/c1-33-20-5-3-17-23(28-20)30(21(32)12-25-17)9-8-29-7-6-15(13-29)10-24-11-16-2-4-18-22(26-16)27-19(31)14-34-18/h2-5,12,15,24H,6-11,13-14H2,1H3,(H,26,27,31)/t15-/m0/s1. The van der Waals surface area contributed by atoms with Crippen molar-refractivity contribution < 1.29 is 14.3 Å². The van der Waals surface area contributed by atoms with E-state index in [1.54, 1.807) is 17.7 Å². The molecule has 1 amide bonds. The average molecular weight is 466 g/mol. The second-order valence-electron chi connectivity index (χ2n) is 8.52. The molecule has 0 unspecified atom stereocenters. The van der Waals surface area contributed by atoms with E-state index in [-0.39, 0.29) is 18.1 Å². The van der Waals surface area contributed by atoms with Crippen LogP contribution >= 0.6 is 0 Å². The zero-order valence-electron chi connectivity index (χ0n) is 19.0. The normalized spacial score (nSPS) is 17.9. The molecule has 0 aliphatic carbocycles. The van der Waals surface area contributed by atoms with Crippen LogP contribution in [0, 0.1) is 5.92 Å². The molecular formula is C23H27N7O4. The van der Waals surface area contributed by atoms with Crippen LogP contribution < -0.4 is 25.7 Å². The zero-order chi connectivity index (χ0) is 23.5. The first kappa shape index (κ1) is 22.2. The summed E-state index contributed by atoms with van der Waals surface area (Å²) in [4.78, 5) is 39.4. The van der Waals surface area contributed by atoms with Gasteiger partial charge in [0.15, 0.2) is 23.8 Å². The van der Waals surface area contributed by atoms with Crippen LogP contribution in [0.25, 0.3) is 11.2 Å². The Hall–Kier alpha value is -3.57. The lowest BCUT2D eigenvalue weighted by Gasteiger charge is -2.18. The maximum Gasteiger partial charge on any atom is 0.270 e. The van der Waals surface area contributed by atoms with Crippen LogP contribution in [-0.2, 0) is 17.9 Å². The highest BCUT2D eigenvalue weighted by atomic mass is 16.5. The van der Waals surface area contributed by atoms with Crippen molar-refractivity contribution in [1.82, 2.24) is 29.7 Å².